The van der Waals surface area contributed by atoms with Crippen LogP contribution in [-0.4, -0.2) is 39.1 Å². The van der Waals surface area contributed by atoms with Crippen molar-refractivity contribution < 1.29 is 13.6 Å². The summed E-state index contributed by atoms with van der Waals surface area (Å²) >= 11 is 0. The molecule has 6 nitrogen and oxygen atoms in total. The van der Waals surface area contributed by atoms with E-state index >= 15 is 0 Å². The number of benzene rings is 2. The van der Waals surface area contributed by atoms with Crippen LogP contribution in [0.3, 0.4) is 0 Å². The largest absolute Gasteiger partial charge is 0.319 e. The Hall–Kier alpha value is -3.65. The number of aryl methyl sites for hydroxylation is 1. The number of nitrogens with one attached hydrogen (secondary N) is 2. The third-order valence-corrected chi connectivity index (χ3v) is 6.16. The van der Waals surface area contributed by atoms with Gasteiger partial charge in [-0.1, -0.05) is 12.5 Å². The second kappa shape index (κ2) is 9.30. The van der Waals surface area contributed by atoms with Gasteiger partial charge >= 0.3 is 0 Å². The van der Waals surface area contributed by atoms with E-state index in [4.69, 9.17) is 0 Å². The first-order valence-corrected chi connectivity index (χ1v) is 11.4. The molecule has 0 atom stereocenters. The van der Waals surface area contributed by atoms with Gasteiger partial charge in [-0.15, -0.1) is 0 Å². The van der Waals surface area contributed by atoms with Crippen molar-refractivity contribution in [3.63, 3.8) is 0 Å². The minimum Gasteiger partial charge on any atom is -0.319 e. The molecule has 1 amide bonds. The molecule has 1 aliphatic rings. The van der Waals surface area contributed by atoms with Gasteiger partial charge in [0.1, 0.15) is 0 Å². The van der Waals surface area contributed by atoms with Crippen LogP contribution in [-0.2, 0) is 6.54 Å². The minimum absolute atomic E-state index is 0.170. The SMILES string of the molecule is Cc1cncc(NC(=O)c2n[nH]c3ccc(-c4cc(CN5CCCCC5)cc(F)c4F)cc23)c1. The molecule has 1 aliphatic heterocycles. The predicted octanol–water partition coefficient (Wildman–Crippen LogP) is 5.45. The van der Waals surface area contributed by atoms with Gasteiger partial charge in [-0.25, -0.2) is 8.78 Å². The van der Waals surface area contributed by atoms with E-state index in [9.17, 15) is 13.6 Å². The van der Waals surface area contributed by atoms with Crippen molar-refractivity contribution in [2.75, 3.05) is 18.4 Å². The van der Waals surface area contributed by atoms with Crippen molar-refractivity contribution in [2.45, 2.75) is 32.7 Å². The lowest BCUT2D eigenvalue weighted by Gasteiger charge is -2.26. The molecule has 0 aliphatic carbocycles. The van der Waals surface area contributed by atoms with Crippen LogP contribution >= 0.6 is 0 Å². The Bertz CT molecular complexity index is 1360. The Balaban J connectivity index is 1.47. The number of carbonyl (C=O) groups is 1. The molecule has 5 rings (SSSR count). The number of fused-ring (bicyclic) bond motifs is 1. The summed E-state index contributed by atoms with van der Waals surface area (Å²) in [5.74, 6) is -2.19. The van der Waals surface area contributed by atoms with E-state index in [1.54, 1.807) is 42.7 Å². The van der Waals surface area contributed by atoms with E-state index in [1.807, 2.05) is 6.92 Å². The molecule has 2 aromatic carbocycles. The first-order chi connectivity index (χ1) is 16.5. The number of likely N-dealkylation sites (tertiary alicyclic amines) is 1. The van der Waals surface area contributed by atoms with Gasteiger partial charge in [0.15, 0.2) is 17.3 Å². The van der Waals surface area contributed by atoms with Gasteiger partial charge in [-0.05, 0) is 79.9 Å². The molecule has 8 heteroatoms. The summed E-state index contributed by atoms with van der Waals surface area (Å²) < 4.78 is 29.4. The highest BCUT2D eigenvalue weighted by atomic mass is 19.2. The number of halogens is 2. The number of amides is 1. The van der Waals surface area contributed by atoms with Crippen LogP contribution in [0.2, 0.25) is 0 Å². The highest BCUT2D eigenvalue weighted by molar-refractivity contribution is 6.11. The summed E-state index contributed by atoms with van der Waals surface area (Å²) in [6, 6.07) is 9.87. The number of hydrogen-bond acceptors (Lipinski definition) is 4. The van der Waals surface area contributed by atoms with Crippen LogP contribution < -0.4 is 5.32 Å². The van der Waals surface area contributed by atoms with Crippen LogP contribution in [0.1, 0.15) is 40.9 Å². The second-order valence-corrected chi connectivity index (χ2v) is 8.81. The summed E-state index contributed by atoms with van der Waals surface area (Å²) in [5, 5.41) is 10.3. The lowest BCUT2D eigenvalue weighted by molar-refractivity contribution is 0.102. The van der Waals surface area contributed by atoms with Crippen molar-refractivity contribution in [3.05, 3.63) is 77.2 Å². The number of hydrogen-bond donors (Lipinski definition) is 2. The van der Waals surface area contributed by atoms with Gasteiger partial charge in [-0.2, -0.15) is 5.10 Å². The molecule has 2 aromatic heterocycles. The molecule has 34 heavy (non-hydrogen) atoms. The van der Waals surface area contributed by atoms with Crippen LogP contribution in [0.5, 0.6) is 0 Å². The van der Waals surface area contributed by atoms with Crippen molar-refractivity contribution >= 4 is 22.5 Å². The monoisotopic (exact) mass is 461 g/mol. The predicted molar refractivity (Wildman–Crippen MR) is 128 cm³/mol. The van der Waals surface area contributed by atoms with Gasteiger partial charge in [0, 0.05) is 23.7 Å². The molecule has 0 spiro atoms. The Morgan fingerprint density at radius 2 is 1.91 bits per heavy atom. The third kappa shape index (κ3) is 4.54. The number of anilines is 1. The van der Waals surface area contributed by atoms with E-state index in [-0.39, 0.29) is 11.3 Å². The highest BCUT2D eigenvalue weighted by Crippen LogP contribution is 2.30. The zero-order valence-electron chi connectivity index (χ0n) is 18.9. The fourth-order valence-corrected chi connectivity index (χ4v) is 4.49. The fraction of sp³-hybridized carbons (Fsp3) is 0.269. The van der Waals surface area contributed by atoms with E-state index < -0.39 is 17.5 Å². The van der Waals surface area contributed by atoms with E-state index in [1.165, 1.54) is 12.5 Å². The van der Waals surface area contributed by atoms with Crippen LogP contribution in [0.4, 0.5) is 14.5 Å². The number of piperidine rings is 1. The molecule has 4 aromatic rings. The molecular formula is C26H25F2N5O. The summed E-state index contributed by atoms with van der Waals surface area (Å²) in [7, 11) is 0. The summed E-state index contributed by atoms with van der Waals surface area (Å²) in [5.41, 5.74) is 3.64. The molecule has 0 saturated carbocycles. The third-order valence-electron chi connectivity index (χ3n) is 6.16. The second-order valence-electron chi connectivity index (χ2n) is 8.81. The number of H-pyrrole nitrogens is 1. The maximum absolute atomic E-state index is 14.9. The summed E-state index contributed by atoms with van der Waals surface area (Å²) in [4.78, 5) is 19.2. The number of pyridine rings is 1. The standard InChI is InChI=1S/C26H25F2N5O/c1-16-9-19(14-29-13-16)30-26(34)25-21-12-18(5-6-23(21)31-32-25)20-10-17(11-22(27)24(20)28)15-33-7-3-2-4-8-33/h5-6,9-14H,2-4,7-8,15H2,1H3,(H,30,34)(H,31,32). The smallest absolute Gasteiger partial charge is 0.276 e. The molecule has 1 fully saturated rings. The van der Waals surface area contributed by atoms with Gasteiger partial charge < -0.3 is 5.32 Å². The molecule has 0 radical (unpaired) electrons. The molecule has 174 valence electrons. The molecule has 2 N–H and O–H groups in total. The molecule has 1 saturated heterocycles. The first kappa shape index (κ1) is 22.2. The summed E-state index contributed by atoms with van der Waals surface area (Å²) in [6.07, 6.45) is 6.70. The van der Waals surface area contributed by atoms with Crippen LogP contribution in [0.25, 0.3) is 22.0 Å². The molecular weight excluding hydrogens is 436 g/mol. The number of carbonyl (C=O) groups excluding carboxylic acids is 1. The Kier molecular flexibility index (Phi) is 6.06. The Morgan fingerprint density at radius 3 is 2.71 bits per heavy atom. The molecule has 0 unspecified atom stereocenters. The number of rotatable bonds is 5. The topological polar surface area (TPSA) is 73.9 Å². The fourth-order valence-electron chi connectivity index (χ4n) is 4.49. The number of aromatic nitrogens is 3. The van der Waals surface area contributed by atoms with Crippen molar-refractivity contribution in [3.8, 4) is 11.1 Å². The minimum atomic E-state index is -0.901. The lowest BCUT2D eigenvalue weighted by atomic mass is 9.99. The Labute approximate surface area is 196 Å². The van der Waals surface area contributed by atoms with E-state index in [0.717, 1.165) is 37.1 Å². The lowest BCUT2D eigenvalue weighted by Crippen LogP contribution is -2.29. The van der Waals surface area contributed by atoms with Crippen molar-refractivity contribution in [1.29, 1.82) is 0 Å². The molecule has 0 bridgehead atoms. The average Bonchev–Trinajstić information content (AvgIpc) is 3.25. The van der Waals surface area contributed by atoms with Crippen LogP contribution in [0, 0.1) is 18.6 Å². The quantitative estimate of drug-likeness (QED) is 0.415. The number of aromatic amines is 1. The summed E-state index contributed by atoms with van der Waals surface area (Å²) in [6.45, 7) is 4.39. The number of nitrogens with zero attached hydrogens (tertiary/aromatic N) is 3. The maximum Gasteiger partial charge on any atom is 0.276 e. The van der Waals surface area contributed by atoms with Crippen LogP contribution in [0.15, 0.2) is 48.8 Å². The van der Waals surface area contributed by atoms with Gasteiger partial charge in [0.25, 0.3) is 5.91 Å². The Morgan fingerprint density at radius 1 is 1.09 bits per heavy atom. The maximum atomic E-state index is 14.9. The molecule has 3 heterocycles. The normalized spacial score (nSPS) is 14.4. The average molecular weight is 462 g/mol. The first-order valence-electron chi connectivity index (χ1n) is 11.4. The zero-order valence-corrected chi connectivity index (χ0v) is 18.9. The van der Waals surface area contributed by atoms with Crippen molar-refractivity contribution in [2.24, 2.45) is 0 Å². The van der Waals surface area contributed by atoms with Gasteiger partial charge in [0.2, 0.25) is 0 Å². The van der Waals surface area contributed by atoms with E-state index in [0.29, 0.717) is 28.7 Å². The van der Waals surface area contributed by atoms with E-state index in [2.05, 4.69) is 25.4 Å². The zero-order chi connectivity index (χ0) is 23.7. The highest BCUT2D eigenvalue weighted by Gasteiger charge is 2.19. The van der Waals surface area contributed by atoms with Crippen molar-refractivity contribution in [1.82, 2.24) is 20.1 Å². The van der Waals surface area contributed by atoms with Gasteiger partial charge in [0.05, 0.1) is 17.4 Å². The van der Waals surface area contributed by atoms with Gasteiger partial charge in [-0.3, -0.25) is 19.8 Å².